The maximum Gasteiger partial charge on any atom is 0.317 e. The molecule has 1 N–H and O–H groups in total. The van der Waals surface area contributed by atoms with Gasteiger partial charge in [0, 0.05) is 24.4 Å². The van der Waals surface area contributed by atoms with Gasteiger partial charge in [-0.05, 0) is 0 Å². The summed E-state index contributed by atoms with van der Waals surface area (Å²) in [4.78, 5) is 17.0. The van der Waals surface area contributed by atoms with Gasteiger partial charge < -0.3 is 5.11 Å². The summed E-state index contributed by atoms with van der Waals surface area (Å²) in [6.07, 6.45) is 1.71. The molecule has 1 aromatic rings. The van der Waals surface area contributed by atoms with Gasteiger partial charge in [-0.25, -0.2) is 4.98 Å². The molecular formula is C12H18N2O2S. The minimum absolute atomic E-state index is 0.0144. The smallest absolute Gasteiger partial charge is 0.317 e. The van der Waals surface area contributed by atoms with E-state index >= 15 is 0 Å². The second kappa shape index (κ2) is 6.51. The van der Waals surface area contributed by atoms with E-state index in [0.29, 0.717) is 19.0 Å². The van der Waals surface area contributed by atoms with Crippen molar-refractivity contribution in [1.82, 2.24) is 9.88 Å². The first-order valence-corrected chi connectivity index (χ1v) is 6.40. The molecule has 0 aliphatic rings. The summed E-state index contributed by atoms with van der Waals surface area (Å²) in [5.74, 6) is -0.410. The first-order valence-electron chi connectivity index (χ1n) is 5.52. The highest BCUT2D eigenvalue weighted by Crippen LogP contribution is 2.19. The Morgan fingerprint density at radius 1 is 1.71 bits per heavy atom. The molecule has 5 heteroatoms. The highest BCUT2D eigenvalue weighted by Gasteiger charge is 2.12. The number of carboxylic acid groups (broad SMARTS) is 1. The highest BCUT2D eigenvalue weighted by atomic mass is 32.1. The van der Waals surface area contributed by atoms with E-state index < -0.39 is 5.97 Å². The lowest BCUT2D eigenvalue weighted by Gasteiger charge is -2.16. The molecule has 1 heterocycles. The third-order valence-electron chi connectivity index (χ3n) is 2.20. The molecular weight excluding hydrogens is 236 g/mol. The van der Waals surface area contributed by atoms with Crippen molar-refractivity contribution in [2.45, 2.75) is 26.3 Å². The lowest BCUT2D eigenvalue weighted by molar-refractivity contribution is -0.138. The van der Waals surface area contributed by atoms with E-state index in [-0.39, 0.29) is 6.54 Å². The van der Waals surface area contributed by atoms with E-state index in [1.165, 1.54) is 0 Å². The Balaban J connectivity index is 2.64. The molecule has 0 unspecified atom stereocenters. The number of aromatic nitrogens is 1. The summed E-state index contributed by atoms with van der Waals surface area (Å²) in [6.45, 7) is 8.96. The molecule has 0 radical (unpaired) electrons. The van der Waals surface area contributed by atoms with E-state index in [9.17, 15) is 4.79 Å². The van der Waals surface area contributed by atoms with Crippen LogP contribution in [-0.4, -0.2) is 34.0 Å². The van der Waals surface area contributed by atoms with Crippen molar-refractivity contribution in [3.05, 3.63) is 28.7 Å². The molecule has 1 rings (SSSR count). The van der Waals surface area contributed by atoms with Crippen molar-refractivity contribution >= 4 is 17.3 Å². The normalized spacial score (nSPS) is 11.1. The van der Waals surface area contributed by atoms with Gasteiger partial charge in [0.05, 0.1) is 17.2 Å². The Morgan fingerprint density at radius 2 is 2.41 bits per heavy atom. The number of thiazole rings is 1. The molecule has 0 fully saturated rings. The number of aliphatic carboxylic acids is 1. The molecule has 0 aliphatic carbocycles. The van der Waals surface area contributed by atoms with E-state index in [0.717, 1.165) is 10.7 Å². The number of carbonyl (C=O) groups is 1. The Hall–Kier alpha value is -1.20. The third kappa shape index (κ3) is 4.66. The van der Waals surface area contributed by atoms with Crippen LogP contribution in [-0.2, 0) is 11.3 Å². The van der Waals surface area contributed by atoms with Crippen LogP contribution in [0.5, 0.6) is 0 Å². The molecule has 0 aliphatic heterocycles. The SMILES string of the molecule is C=CCN(CC(=O)O)Cc1csc(C(C)C)n1. The quantitative estimate of drug-likeness (QED) is 0.759. The zero-order valence-electron chi connectivity index (χ0n) is 10.2. The predicted molar refractivity (Wildman–Crippen MR) is 69.3 cm³/mol. The van der Waals surface area contributed by atoms with Crippen LogP contribution in [0.15, 0.2) is 18.0 Å². The van der Waals surface area contributed by atoms with Crippen molar-refractivity contribution in [3.63, 3.8) is 0 Å². The van der Waals surface area contributed by atoms with Crippen LogP contribution >= 0.6 is 11.3 Å². The zero-order chi connectivity index (χ0) is 12.8. The minimum atomic E-state index is -0.828. The molecule has 0 amide bonds. The van der Waals surface area contributed by atoms with Gasteiger partial charge in [-0.3, -0.25) is 9.69 Å². The van der Waals surface area contributed by atoms with Gasteiger partial charge in [-0.2, -0.15) is 0 Å². The molecule has 0 saturated carbocycles. The fraction of sp³-hybridized carbons (Fsp3) is 0.500. The van der Waals surface area contributed by atoms with Crippen LogP contribution in [0.3, 0.4) is 0 Å². The summed E-state index contributed by atoms with van der Waals surface area (Å²) in [6, 6.07) is 0. The third-order valence-corrected chi connectivity index (χ3v) is 3.39. The van der Waals surface area contributed by atoms with E-state index in [1.54, 1.807) is 22.3 Å². The van der Waals surface area contributed by atoms with Gasteiger partial charge in [0.1, 0.15) is 0 Å². The summed E-state index contributed by atoms with van der Waals surface area (Å²) in [7, 11) is 0. The van der Waals surface area contributed by atoms with Crippen molar-refractivity contribution < 1.29 is 9.90 Å². The van der Waals surface area contributed by atoms with Crippen LogP contribution in [0.1, 0.15) is 30.5 Å². The lowest BCUT2D eigenvalue weighted by Crippen LogP contribution is -2.29. The molecule has 17 heavy (non-hydrogen) atoms. The molecule has 1 aromatic heterocycles. The molecule has 0 atom stereocenters. The van der Waals surface area contributed by atoms with Gasteiger partial charge in [0.25, 0.3) is 0 Å². The van der Waals surface area contributed by atoms with Gasteiger partial charge >= 0.3 is 5.97 Å². The second-order valence-corrected chi connectivity index (χ2v) is 5.07. The van der Waals surface area contributed by atoms with Gasteiger partial charge in [-0.1, -0.05) is 19.9 Å². The fourth-order valence-electron chi connectivity index (χ4n) is 1.45. The lowest BCUT2D eigenvalue weighted by atomic mass is 10.2. The zero-order valence-corrected chi connectivity index (χ0v) is 11.0. The summed E-state index contributed by atoms with van der Waals surface area (Å²) >= 11 is 1.63. The monoisotopic (exact) mass is 254 g/mol. The molecule has 4 nitrogen and oxygen atoms in total. The summed E-state index contributed by atoms with van der Waals surface area (Å²) in [5, 5.41) is 11.9. The Bertz CT molecular complexity index is 388. The van der Waals surface area contributed by atoms with Crippen LogP contribution in [0, 0.1) is 0 Å². The van der Waals surface area contributed by atoms with Crippen LogP contribution < -0.4 is 0 Å². The van der Waals surface area contributed by atoms with Crippen LogP contribution in [0.4, 0.5) is 0 Å². The molecule has 0 bridgehead atoms. The van der Waals surface area contributed by atoms with Crippen molar-refractivity contribution in [1.29, 1.82) is 0 Å². The number of hydrogen-bond donors (Lipinski definition) is 1. The van der Waals surface area contributed by atoms with Crippen molar-refractivity contribution in [2.75, 3.05) is 13.1 Å². The Kier molecular flexibility index (Phi) is 5.31. The van der Waals surface area contributed by atoms with Crippen molar-refractivity contribution in [3.8, 4) is 0 Å². The molecule has 0 spiro atoms. The number of hydrogen-bond acceptors (Lipinski definition) is 4. The standard InChI is InChI=1S/C12H18N2O2S/c1-4-5-14(7-11(15)16)6-10-8-17-12(13-10)9(2)3/h4,8-9H,1,5-7H2,2-3H3,(H,15,16). The highest BCUT2D eigenvalue weighted by molar-refractivity contribution is 7.09. The van der Waals surface area contributed by atoms with Crippen molar-refractivity contribution in [2.24, 2.45) is 0 Å². The maximum absolute atomic E-state index is 10.7. The number of nitrogens with zero attached hydrogens (tertiary/aromatic N) is 2. The predicted octanol–water partition coefficient (Wildman–Crippen LogP) is 2.34. The molecule has 0 saturated heterocycles. The van der Waals surface area contributed by atoms with E-state index in [4.69, 9.17) is 5.11 Å². The van der Waals surface area contributed by atoms with Gasteiger partial charge in [0.2, 0.25) is 0 Å². The second-order valence-electron chi connectivity index (χ2n) is 4.18. The number of rotatable bonds is 7. The van der Waals surface area contributed by atoms with E-state index in [2.05, 4.69) is 25.4 Å². The maximum atomic E-state index is 10.7. The number of carboxylic acids is 1. The van der Waals surface area contributed by atoms with Gasteiger partial charge in [0.15, 0.2) is 0 Å². The topological polar surface area (TPSA) is 53.4 Å². The first-order chi connectivity index (χ1) is 8.02. The minimum Gasteiger partial charge on any atom is -0.480 e. The largest absolute Gasteiger partial charge is 0.480 e. The fourth-order valence-corrected chi connectivity index (χ4v) is 2.27. The van der Waals surface area contributed by atoms with E-state index in [1.807, 2.05) is 5.38 Å². The summed E-state index contributed by atoms with van der Waals surface area (Å²) < 4.78 is 0. The van der Waals surface area contributed by atoms with Crippen LogP contribution in [0.2, 0.25) is 0 Å². The Labute approximate surface area is 106 Å². The molecule has 0 aromatic carbocycles. The first kappa shape index (κ1) is 13.9. The Morgan fingerprint density at radius 3 is 2.88 bits per heavy atom. The average molecular weight is 254 g/mol. The van der Waals surface area contributed by atoms with Crippen LogP contribution in [0.25, 0.3) is 0 Å². The average Bonchev–Trinajstić information content (AvgIpc) is 2.65. The summed E-state index contributed by atoms with van der Waals surface area (Å²) in [5.41, 5.74) is 0.932. The molecule has 94 valence electrons. The van der Waals surface area contributed by atoms with Gasteiger partial charge in [-0.15, -0.1) is 17.9 Å².